The maximum atomic E-state index is 12.7. The van der Waals surface area contributed by atoms with E-state index in [-0.39, 0.29) is 26.1 Å². The second-order valence-electron chi connectivity index (χ2n) is 13.7. The zero-order valence-electron chi connectivity index (χ0n) is 31.4. The van der Waals surface area contributed by atoms with E-state index in [1.807, 2.05) is 0 Å². The van der Waals surface area contributed by atoms with Crippen LogP contribution in [0.2, 0.25) is 0 Å². The minimum atomic E-state index is -1.60. The number of carbonyl (C=O) groups is 2. The van der Waals surface area contributed by atoms with E-state index in [1.54, 1.807) is 0 Å². The molecule has 10 nitrogen and oxygen atoms in total. The summed E-state index contributed by atoms with van der Waals surface area (Å²) in [7, 11) is 0. The van der Waals surface area contributed by atoms with Gasteiger partial charge < -0.3 is 39.4 Å². The van der Waals surface area contributed by atoms with E-state index in [2.05, 4.69) is 38.2 Å². The zero-order chi connectivity index (χ0) is 36.7. The molecule has 0 amide bonds. The van der Waals surface area contributed by atoms with Crippen LogP contribution in [-0.2, 0) is 28.5 Å². The molecule has 292 valence electrons. The Hall–Kier alpha value is -1.82. The lowest BCUT2D eigenvalue weighted by Gasteiger charge is -2.39. The molecule has 0 radical (unpaired) electrons. The van der Waals surface area contributed by atoms with Gasteiger partial charge in [-0.2, -0.15) is 0 Å². The fourth-order valence-corrected chi connectivity index (χ4v) is 5.82. The van der Waals surface area contributed by atoms with Crippen LogP contribution < -0.4 is 0 Å². The van der Waals surface area contributed by atoms with Crippen molar-refractivity contribution in [3.8, 4) is 0 Å². The lowest BCUT2D eigenvalue weighted by atomic mass is 9.99. The summed E-state index contributed by atoms with van der Waals surface area (Å²) in [6.07, 6.45) is 24.7. The quantitative estimate of drug-likeness (QED) is 0.0316. The van der Waals surface area contributed by atoms with E-state index >= 15 is 0 Å². The van der Waals surface area contributed by atoms with Crippen LogP contribution in [-0.4, -0.2) is 89.0 Å². The molecule has 0 aromatic carbocycles. The maximum Gasteiger partial charge on any atom is 0.306 e. The van der Waals surface area contributed by atoms with Gasteiger partial charge in [-0.05, 0) is 64.2 Å². The van der Waals surface area contributed by atoms with E-state index < -0.39 is 55.4 Å². The topological polar surface area (TPSA) is 152 Å². The Morgan fingerprint density at radius 3 is 1.62 bits per heavy atom. The monoisotopic (exact) mass is 713 g/mol. The van der Waals surface area contributed by atoms with Gasteiger partial charge in [0.2, 0.25) is 0 Å². The van der Waals surface area contributed by atoms with Gasteiger partial charge in [0.25, 0.3) is 0 Å². The van der Waals surface area contributed by atoms with Crippen molar-refractivity contribution in [3.05, 3.63) is 24.3 Å². The SMILES string of the molecule is CCCCC/C=C/CCCCCCCC(=O)O[C@@H](COC(=O)CCCCC/C=C/CCCCCCCC)CO[C@H]1O[C@@H](CO)[C@@H](O)C(O)C1O. The number of esters is 2. The first-order chi connectivity index (χ1) is 24.3. The zero-order valence-corrected chi connectivity index (χ0v) is 31.4. The molecular weight excluding hydrogens is 640 g/mol. The molecule has 1 saturated heterocycles. The number of ether oxygens (including phenoxy) is 4. The summed E-state index contributed by atoms with van der Waals surface area (Å²) in [4.78, 5) is 25.2. The van der Waals surface area contributed by atoms with Crippen LogP contribution in [0.25, 0.3) is 0 Å². The largest absolute Gasteiger partial charge is 0.462 e. The molecule has 1 rings (SSSR count). The normalized spacial score (nSPS) is 21.6. The highest BCUT2D eigenvalue weighted by Gasteiger charge is 2.44. The van der Waals surface area contributed by atoms with Gasteiger partial charge in [-0.1, -0.05) is 109 Å². The summed E-state index contributed by atoms with van der Waals surface area (Å²) in [6.45, 7) is 3.34. The number of hydrogen-bond acceptors (Lipinski definition) is 10. The molecule has 0 saturated carbocycles. The van der Waals surface area contributed by atoms with Crippen LogP contribution in [0, 0.1) is 0 Å². The molecule has 50 heavy (non-hydrogen) atoms. The molecule has 1 heterocycles. The highest BCUT2D eigenvalue weighted by atomic mass is 16.7. The minimum absolute atomic E-state index is 0.217. The van der Waals surface area contributed by atoms with Crippen molar-refractivity contribution in [1.29, 1.82) is 0 Å². The Morgan fingerprint density at radius 2 is 1.06 bits per heavy atom. The molecule has 0 aromatic heterocycles. The number of hydrogen-bond donors (Lipinski definition) is 4. The van der Waals surface area contributed by atoms with Crippen LogP contribution in [0.1, 0.15) is 162 Å². The molecule has 10 heteroatoms. The lowest BCUT2D eigenvalue weighted by molar-refractivity contribution is -0.305. The molecule has 1 fully saturated rings. The lowest BCUT2D eigenvalue weighted by Crippen LogP contribution is -2.59. The Labute approximate surface area is 303 Å². The first-order valence-corrected chi connectivity index (χ1v) is 19.9. The average molecular weight is 713 g/mol. The highest BCUT2D eigenvalue weighted by Crippen LogP contribution is 2.22. The van der Waals surface area contributed by atoms with Crippen molar-refractivity contribution in [2.75, 3.05) is 19.8 Å². The first kappa shape index (κ1) is 46.2. The molecule has 0 aromatic rings. The number of allylic oxidation sites excluding steroid dienone is 4. The van der Waals surface area contributed by atoms with Crippen molar-refractivity contribution < 1.29 is 49.0 Å². The maximum absolute atomic E-state index is 12.7. The third-order valence-electron chi connectivity index (χ3n) is 9.06. The average Bonchev–Trinajstić information content (AvgIpc) is 3.11. The molecule has 0 spiro atoms. The molecular formula is C40H72O10. The van der Waals surface area contributed by atoms with Gasteiger partial charge in [-0.25, -0.2) is 0 Å². The fraction of sp³-hybridized carbons (Fsp3) is 0.850. The van der Waals surface area contributed by atoms with Crippen molar-refractivity contribution in [3.63, 3.8) is 0 Å². The van der Waals surface area contributed by atoms with Gasteiger partial charge in [0.15, 0.2) is 12.4 Å². The van der Waals surface area contributed by atoms with E-state index in [0.29, 0.717) is 12.8 Å². The van der Waals surface area contributed by atoms with Gasteiger partial charge in [0, 0.05) is 12.8 Å². The summed E-state index contributed by atoms with van der Waals surface area (Å²) in [6, 6.07) is 0. The van der Waals surface area contributed by atoms with Gasteiger partial charge in [-0.3, -0.25) is 9.59 Å². The van der Waals surface area contributed by atoms with Crippen molar-refractivity contribution in [1.82, 2.24) is 0 Å². The van der Waals surface area contributed by atoms with E-state index in [1.165, 1.54) is 57.8 Å². The Bertz CT molecular complexity index is 876. The van der Waals surface area contributed by atoms with Crippen LogP contribution in [0.4, 0.5) is 0 Å². The first-order valence-electron chi connectivity index (χ1n) is 19.9. The predicted octanol–water partition coefficient (Wildman–Crippen LogP) is 7.38. The molecule has 6 atom stereocenters. The second kappa shape index (κ2) is 31.9. The number of rotatable bonds is 32. The van der Waals surface area contributed by atoms with Gasteiger partial charge in [0.05, 0.1) is 13.2 Å². The van der Waals surface area contributed by atoms with Crippen LogP contribution >= 0.6 is 0 Å². The number of aliphatic hydroxyl groups is 4. The van der Waals surface area contributed by atoms with E-state index in [4.69, 9.17) is 18.9 Å². The summed E-state index contributed by atoms with van der Waals surface area (Å²) in [5.41, 5.74) is 0. The molecule has 1 aliphatic rings. The fourth-order valence-electron chi connectivity index (χ4n) is 5.82. The molecule has 2 unspecified atom stereocenters. The smallest absolute Gasteiger partial charge is 0.306 e. The van der Waals surface area contributed by atoms with Gasteiger partial charge in [-0.15, -0.1) is 0 Å². The molecule has 4 N–H and O–H groups in total. The summed E-state index contributed by atoms with van der Waals surface area (Å²) < 4.78 is 22.0. The summed E-state index contributed by atoms with van der Waals surface area (Å²) in [5.74, 6) is -0.837. The summed E-state index contributed by atoms with van der Waals surface area (Å²) >= 11 is 0. The Morgan fingerprint density at radius 1 is 0.600 bits per heavy atom. The van der Waals surface area contributed by atoms with Crippen molar-refractivity contribution >= 4 is 11.9 Å². The second-order valence-corrected chi connectivity index (χ2v) is 13.7. The Balaban J connectivity index is 2.41. The third-order valence-corrected chi connectivity index (χ3v) is 9.06. The number of carbonyl (C=O) groups excluding carboxylic acids is 2. The van der Waals surface area contributed by atoms with Crippen LogP contribution in [0.5, 0.6) is 0 Å². The third kappa shape index (κ3) is 23.6. The molecule has 1 aliphatic heterocycles. The molecule has 0 aliphatic carbocycles. The van der Waals surface area contributed by atoms with Gasteiger partial charge in [0.1, 0.15) is 31.0 Å². The number of aliphatic hydroxyl groups excluding tert-OH is 4. The van der Waals surface area contributed by atoms with Crippen LogP contribution in [0.15, 0.2) is 24.3 Å². The van der Waals surface area contributed by atoms with Crippen molar-refractivity contribution in [2.45, 2.75) is 198 Å². The van der Waals surface area contributed by atoms with Crippen LogP contribution in [0.3, 0.4) is 0 Å². The highest BCUT2D eigenvalue weighted by molar-refractivity contribution is 5.70. The summed E-state index contributed by atoms with van der Waals surface area (Å²) in [5, 5.41) is 39.9. The predicted molar refractivity (Wildman–Crippen MR) is 196 cm³/mol. The Kier molecular flexibility index (Phi) is 29.5. The van der Waals surface area contributed by atoms with E-state index in [0.717, 1.165) is 64.2 Å². The minimum Gasteiger partial charge on any atom is -0.462 e. The number of unbranched alkanes of at least 4 members (excludes halogenated alkanes) is 17. The standard InChI is InChI=1S/C40H72O10/c1-3-5-7-9-11-13-15-17-19-20-22-24-26-28-35(42)47-31-33(32-48-40-39(46)38(45)37(44)34(30-41)50-40)49-36(43)29-27-25-23-21-18-16-14-12-10-8-6-4-2/h12,14,17,19,33-34,37-41,44-46H,3-11,13,15-16,18,20-32H2,1-2H3/b14-12+,19-17+/t33-,34-,37+,38?,39?,40-/m0/s1. The van der Waals surface area contributed by atoms with Crippen molar-refractivity contribution in [2.24, 2.45) is 0 Å². The molecule has 0 bridgehead atoms. The van der Waals surface area contributed by atoms with Gasteiger partial charge >= 0.3 is 11.9 Å². The van der Waals surface area contributed by atoms with E-state index in [9.17, 15) is 30.0 Å².